The van der Waals surface area contributed by atoms with Crippen molar-refractivity contribution in [1.29, 1.82) is 0 Å². The lowest BCUT2D eigenvalue weighted by Crippen LogP contribution is -2.67. The summed E-state index contributed by atoms with van der Waals surface area (Å²) >= 11 is 0. The second-order valence-corrected chi connectivity index (χ2v) is 14.7. The Bertz CT molecular complexity index is 949. The highest BCUT2D eigenvalue weighted by atomic mass is 16.4. The fourth-order valence-corrected chi connectivity index (χ4v) is 10.5. The third-order valence-corrected chi connectivity index (χ3v) is 12.8. The maximum atomic E-state index is 13.5. The summed E-state index contributed by atoms with van der Waals surface area (Å²) in [7, 11) is 0. The van der Waals surface area contributed by atoms with Gasteiger partial charge in [0.1, 0.15) is 5.78 Å². The molecule has 0 radical (unpaired) electrons. The average Bonchev–Trinajstić information content (AvgIpc) is 2.76. The molecule has 34 heavy (non-hydrogen) atoms. The van der Waals surface area contributed by atoms with Crippen molar-refractivity contribution in [3.05, 3.63) is 11.6 Å². The monoisotopic (exact) mass is 470 g/mol. The summed E-state index contributed by atoms with van der Waals surface area (Å²) < 4.78 is 0. The molecule has 4 saturated carbocycles. The van der Waals surface area contributed by atoms with Crippen molar-refractivity contribution in [1.82, 2.24) is 0 Å². The molecule has 5 aliphatic carbocycles. The van der Waals surface area contributed by atoms with Gasteiger partial charge < -0.3 is 10.2 Å². The zero-order valence-electron chi connectivity index (χ0n) is 22.3. The fraction of sp³-hybridized carbons (Fsp3) is 0.867. The molecule has 0 aromatic carbocycles. The van der Waals surface area contributed by atoms with Crippen LogP contribution in [0.15, 0.2) is 11.6 Å². The van der Waals surface area contributed by atoms with Crippen LogP contribution in [0.1, 0.15) is 106 Å². The lowest BCUT2D eigenvalue weighted by molar-refractivity contribution is -0.204. The van der Waals surface area contributed by atoms with Gasteiger partial charge in [-0.25, -0.2) is 0 Å². The predicted octanol–water partition coefficient (Wildman–Crippen LogP) is 6.41. The number of carboxylic acid groups (broad SMARTS) is 1. The van der Waals surface area contributed by atoms with Crippen molar-refractivity contribution >= 4 is 11.8 Å². The maximum absolute atomic E-state index is 13.5. The van der Waals surface area contributed by atoms with Crippen LogP contribution in [0, 0.1) is 50.2 Å². The minimum Gasteiger partial charge on any atom is -0.481 e. The van der Waals surface area contributed by atoms with Gasteiger partial charge in [0.2, 0.25) is 0 Å². The van der Waals surface area contributed by atoms with E-state index >= 15 is 0 Å². The molecular weight excluding hydrogens is 424 g/mol. The third kappa shape index (κ3) is 2.81. The Morgan fingerprint density at radius 2 is 1.65 bits per heavy atom. The van der Waals surface area contributed by atoms with Gasteiger partial charge in [-0.05, 0) is 97.2 Å². The second kappa shape index (κ2) is 7.20. The quantitative estimate of drug-likeness (QED) is 0.457. The number of ketones is 1. The number of carboxylic acids is 1. The molecule has 190 valence electrons. The highest BCUT2D eigenvalue weighted by molar-refractivity contribution is 5.86. The molecule has 2 N–H and O–H groups in total. The number of fused-ring (bicyclic) bond motifs is 7. The van der Waals surface area contributed by atoms with Crippen molar-refractivity contribution in [3.63, 3.8) is 0 Å². The SMILES string of the molecule is CC1(C)CC[C@]2(C)CC[C@]3(C(=O)O)C(=CC[C@@H]4[C@@]5(C)CCC(=O)[C@@](C)(CO)[C@@H]5CC[C@]43C)[C@H]2C1. The van der Waals surface area contributed by atoms with Crippen LogP contribution in [0.25, 0.3) is 0 Å². The summed E-state index contributed by atoms with van der Waals surface area (Å²) in [6.45, 7) is 13.6. The molecule has 4 nitrogen and oxygen atoms in total. The summed E-state index contributed by atoms with van der Waals surface area (Å²) in [5.41, 5.74) is -0.258. The lowest BCUT2D eigenvalue weighted by atomic mass is 9.33. The number of Topliss-reactive ketones (excluding diaryl/α,β-unsaturated/α-hetero) is 1. The number of allylic oxidation sites excluding steroid dienone is 1. The van der Waals surface area contributed by atoms with Gasteiger partial charge in [-0.15, -0.1) is 0 Å². The van der Waals surface area contributed by atoms with Crippen molar-refractivity contribution in [3.8, 4) is 0 Å². The Kier molecular flexibility index (Phi) is 5.20. The topological polar surface area (TPSA) is 74.6 Å². The number of aliphatic hydroxyl groups excluding tert-OH is 1. The first kappa shape index (κ1) is 24.5. The van der Waals surface area contributed by atoms with E-state index < -0.39 is 16.8 Å². The molecular formula is C30H46O4. The number of aliphatic carboxylic acids is 1. The van der Waals surface area contributed by atoms with E-state index in [2.05, 4.69) is 40.7 Å². The lowest BCUT2D eigenvalue weighted by Gasteiger charge is -2.70. The first-order valence-electron chi connectivity index (χ1n) is 13.8. The number of aliphatic hydroxyl groups is 1. The average molecular weight is 471 g/mol. The van der Waals surface area contributed by atoms with Gasteiger partial charge >= 0.3 is 5.97 Å². The van der Waals surface area contributed by atoms with Gasteiger partial charge in [-0.3, -0.25) is 9.59 Å². The van der Waals surface area contributed by atoms with Crippen LogP contribution in [0.4, 0.5) is 0 Å². The van der Waals surface area contributed by atoms with Crippen molar-refractivity contribution in [2.45, 2.75) is 106 Å². The van der Waals surface area contributed by atoms with Gasteiger partial charge in [-0.1, -0.05) is 53.2 Å². The zero-order valence-corrected chi connectivity index (χ0v) is 22.3. The van der Waals surface area contributed by atoms with E-state index in [-0.39, 0.29) is 45.9 Å². The summed E-state index contributed by atoms with van der Waals surface area (Å²) in [5.74, 6) is 0.264. The van der Waals surface area contributed by atoms with Crippen LogP contribution in [0.2, 0.25) is 0 Å². The van der Waals surface area contributed by atoms with Crippen LogP contribution in [-0.4, -0.2) is 28.6 Å². The van der Waals surface area contributed by atoms with E-state index in [9.17, 15) is 19.8 Å². The molecule has 0 unspecified atom stereocenters. The fourth-order valence-electron chi connectivity index (χ4n) is 10.5. The van der Waals surface area contributed by atoms with E-state index in [4.69, 9.17) is 0 Å². The second-order valence-electron chi connectivity index (χ2n) is 14.7. The highest BCUT2D eigenvalue weighted by Gasteiger charge is 2.72. The Labute approximate surface area is 206 Å². The van der Waals surface area contributed by atoms with Crippen LogP contribution in [-0.2, 0) is 9.59 Å². The molecule has 4 heteroatoms. The minimum atomic E-state index is -0.807. The summed E-state index contributed by atoms with van der Waals surface area (Å²) in [6, 6.07) is 0. The molecule has 8 atom stereocenters. The zero-order chi connectivity index (χ0) is 24.9. The molecule has 0 bridgehead atoms. The minimum absolute atomic E-state index is 0.101. The number of carbonyl (C=O) groups excluding carboxylic acids is 1. The Morgan fingerprint density at radius 3 is 2.29 bits per heavy atom. The summed E-state index contributed by atoms with van der Waals surface area (Å²) in [5, 5.41) is 21.4. The van der Waals surface area contributed by atoms with Crippen LogP contribution < -0.4 is 0 Å². The summed E-state index contributed by atoms with van der Waals surface area (Å²) in [6.07, 6.45) is 11.5. The van der Waals surface area contributed by atoms with Crippen molar-refractivity contribution in [2.75, 3.05) is 6.61 Å². The summed E-state index contributed by atoms with van der Waals surface area (Å²) in [4.78, 5) is 26.4. The Balaban J connectivity index is 1.65. The maximum Gasteiger partial charge on any atom is 0.314 e. The van der Waals surface area contributed by atoms with Crippen molar-refractivity contribution in [2.24, 2.45) is 50.2 Å². The number of hydrogen-bond acceptors (Lipinski definition) is 3. The van der Waals surface area contributed by atoms with E-state index in [0.29, 0.717) is 12.3 Å². The van der Waals surface area contributed by atoms with Gasteiger partial charge in [0.15, 0.2) is 0 Å². The van der Waals surface area contributed by atoms with E-state index in [0.717, 1.165) is 44.9 Å². The number of hydrogen-bond donors (Lipinski definition) is 2. The van der Waals surface area contributed by atoms with Crippen LogP contribution in [0.3, 0.4) is 0 Å². The van der Waals surface area contributed by atoms with Gasteiger partial charge in [0.05, 0.1) is 17.4 Å². The first-order chi connectivity index (χ1) is 15.7. The first-order valence-corrected chi connectivity index (χ1v) is 13.8. The van der Waals surface area contributed by atoms with Crippen molar-refractivity contribution < 1.29 is 19.8 Å². The normalized spacial score (nSPS) is 51.9. The highest BCUT2D eigenvalue weighted by Crippen LogP contribution is 2.75. The molecule has 5 rings (SSSR count). The largest absolute Gasteiger partial charge is 0.481 e. The van der Waals surface area contributed by atoms with E-state index in [1.165, 1.54) is 18.4 Å². The molecule has 0 spiro atoms. The third-order valence-electron chi connectivity index (χ3n) is 12.8. The Hall–Kier alpha value is -1.16. The van der Waals surface area contributed by atoms with E-state index in [1.807, 2.05) is 6.92 Å². The molecule has 0 aromatic rings. The number of carbonyl (C=O) groups is 2. The standard InChI is InChI=1S/C30H46O4/c1-25(2)13-14-26(3)15-16-30(24(33)34)19(20(26)17-25)7-8-22-27(4)11-10-23(32)28(5,18-31)21(27)9-12-29(22,30)6/h7,20-22,31H,8-18H2,1-6H3,(H,33,34)/t20-,21-,22-,26-,27+,28+,29-,30-/m1/s1. The smallest absolute Gasteiger partial charge is 0.314 e. The van der Waals surface area contributed by atoms with Gasteiger partial charge in [0.25, 0.3) is 0 Å². The molecule has 0 heterocycles. The molecule has 0 amide bonds. The molecule has 0 saturated heterocycles. The van der Waals surface area contributed by atoms with Crippen LogP contribution in [0.5, 0.6) is 0 Å². The Morgan fingerprint density at radius 1 is 0.971 bits per heavy atom. The van der Waals surface area contributed by atoms with Crippen LogP contribution >= 0.6 is 0 Å². The number of rotatable bonds is 2. The predicted molar refractivity (Wildman–Crippen MR) is 133 cm³/mol. The molecule has 0 aliphatic heterocycles. The van der Waals surface area contributed by atoms with Gasteiger partial charge in [-0.2, -0.15) is 0 Å². The van der Waals surface area contributed by atoms with E-state index in [1.54, 1.807) is 0 Å². The molecule has 0 aromatic heterocycles. The van der Waals surface area contributed by atoms with Gasteiger partial charge in [0, 0.05) is 6.42 Å². The molecule has 4 fully saturated rings. The molecule has 5 aliphatic rings.